The SMILES string of the molecule is Fc1cc(Br)cc(-c2nc(C3CC3)cs2)c1. The van der Waals surface area contributed by atoms with E-state index in [1.165, 1.54) is 30.7 Å². The van der Waals surface area contributed by atoms with Crippen LogP contribution in [0.25, 0.3) is 10.6 Å². The highest BCUT2D eigenvalue weighted by atomic mass is 79.9. The maximum absolute atomic E-state index is 13.2. The molecule has 1 heterocycles. The third-order valence-electron chi connectivity index (χ3n) is 2.63. The average molecular weight is 298 g/mol. The van der Waals surface area contributed by atoms with E-state index in [-0.39, 0.29) is 5.82 Å². The van der Waals surface area contributed by atoms with E-state index in [1.54, 1.807) is 11.3 Å². The fourth-order valence-corrected chi connectivity index (χ4v) is 3.02. The summed E-state index contributed by atoms with van der Waals surface area (Å²) in [7, 11) is 0. The third-order valence-corrected chi connectivity index (χ3v) is 3.99. The van der Waals surface area contributed by atoms with Crippen LogP contribution in [-0.4, -0.2) is 4.98 Å². The Morgan fingerprint density at radius 3 is 2.81 bits per heavy atom. The van der Waals surface area contributed by atoms with Crippen molar-refractivity contribution in [2.75, 3.05) is 0 Å². The van der Waals surface area contributed by atoms with Gasteiger partial charge >= 0.3 is 0 Å². The van der Waals surface area contributed by atoms with Crippen molar-refractivity contribution >= 4 is 27.3 Å². The number of thiazole rings is 1. The lowest BCUT2D eigenvalue weighted by Gasteiger charge is -1.98. The van der Waals surface area contributed by atoms with E-state index < -0.39 is 0 Å². The van der Waals surface area contributed by atoms with Gasteiger partial charge in [0.2, 0.25) is 0 Å². The lowest BCUT2D eigenvalue weighted by molar-refractivity contribution is 0.627. The topological polar surface area (TPSA) is 12.9 Å². The molecular weight excluding hydrogens is 289 g/mol. The van der Waals surface area contributed by atoms with Gasteiger partial charge in [0.1, 0.15) is 10.8 Å². The quantitative estimate of drug-likeness (QED) is 0.790. The van der Waals surface area contributed by atoms with Gasteiger partial charge < -0.3 is 0 Å². The summed E-state index contributed by atoms with van der Waals surface area (Å²) in [6, 6.07) is 4.89. The van der Waals surface area contributed by atoms with Crippen molar-refractivity contribution in [3.8, 4) is 10.6 Å². The summed E-state index contributed by atoms with van der Waals surface area (Å²) in [4.78, 5) is 4.56. The minimum atomic E-state index is -0.229. The van der Waals surface area contributed by atoms with E-state index >= 15 is 0 Å². The Hall–Kier alpha value is -0.740. The predicted molar refractivity (Wildman–Crippen MR) is 67.2 cm³/mol. The van der Waals surface area contributed by atoms with Crippen molar-refractivity contribution < 1.29 is 4.39 Å². The van der Waals surface area contributed by atoms with Crippen LogP contribution in [0.1, 0.15) is 24.5 Å². The van der Waals surface area contributed by atoms with E-state index in [0.717, 1.165) is 15.0 Å². The minimum Gasteiger partial charge on any atom is -0.241 e. The number of aromatic nitrogens is 1. The Morgan fingerprint density at radius 2 is 2.12 bits per heavy atom. The van der Waals surface area contributed by atoms with E-state index in [0.29, 0.717) is 5.92 Å². The van der Waals surface area contributed by atoms with Crippen molar-refractivity contribution in [3.05, 3.63) is 39.6 Å². The number of benzene rings is 1. The minimum absolute atomic E-state index is 0.229. The Morgan fingerprint density at radius 1 is 1.31 bits per heavy atom. The predicted octanol–water partition coefficient (Wildman–Crippen LogP) is 4.59. The van der Waals surface area contributed by atoms with Gasteiger partial charge in [0, 0.05) is 21.3 Å². The largest absolute Gasteiger partial charge is 0.241 e. The Kier molecular flexibility index (Phi) is 2.56. The van der Waals surface area contributed by atoms with Crippen LogP contribution >= 0.6 is 27.3 Å². The molecule has 1 nitrogen and oxygen atoms in total. The van der Waals surface area contributed by atoms with Crippen molar-refractivity contribution in [2.45, 2.75) is 18.8 Å². The zero-order valence-corrected chi connectivity index (χ0v) is 10.8. The first-order chi connectivity index (χ1) is 7.72. The second-order valence-electron chi connectivity index (χ2n) is 4.01. The molecule has 0 N–H and O–H groups in total. The molecule has 0 aliphatic heterocycles. The summed E-state index contributed by atoms with van der Waals surface area (Å²) in [6.07, 6.45) is 2.49. The molecule has 1 saturated carbocycles. The molecule has 0 spiro atoms. The summed E-state index contributed by atoms with van der Waals surface area (Å²) in [5, 5.41) is 2.99. The summed E-state index contributed by atoms with van der Waals surface area (Å²) in [6.45, 7) is 0. The molecule has 0 saturated heterocycles. The molecular formula is C12H9BrFNS. The van der Waals surface area contributed by atoms with Gasteiger partial charge in [0.25, 0.3) is 0 Å². The molecule has 0 amide bonds. The molecule has 1 fully saturated rings. The molecule has 0 atom stereocenters. The highest BCUT2D eigenvalue weighted by Gasteiger charge is 2.26. The van der Waals surface area contributed by atoms with Gasteiger partial charge in [-0.05, 0) is 31.0 Å². The van der Waals surface area contributed by atoms with E-state index in [4.69, 9.17) is 0 Å². The fraction of sp³-hybridized carbons (Fsp3) is 0.250. The molecule has 0 radical (unpaired) electrons. The molecule has 0 bridgehead atoms. The number of halogens is 2. The van der Waals surface area contributed by atoms with Crippen LogP contribution in [0.4, 0.5) is 4.39 Å². The van der Waals surface area contributed by atoms with E-state index in [1.807, 2.05) is 6.07 Å². The van der Waals surface area contributed by atoms with Crippen molar-refractivity contribution in [3.63, 3.8) is 0 Å². The van der Waals surface area contributed by atoms with Gasteiger partial charge in [0.05, 0.1) is 5.69 Å². The number of rotatable bonds is 2. The number of hydrogen-bond acceptors (Lipinski definition) is 2. The molecule has 1 aromatic carbocycles. The molecule has 16 heavy (non-hydrogen) atoms. The second-order valence-corrected chi connectivity index (χ2v) is 5.78. The van der Waals surface area contributed by atoms with Crippen LogP contribution in [0.2, 0.25) is 0 Å². The summed E-state index contributed by atoms with van der Waals surface area (Å²) < 4.78 is 14.0. The standard InChI is InChI=1S/C12H9BrFNS/c13-9-3-8(4-10(14)5-9)12-15-11(6-16-12)7-1-2-7/h3-7H,1-2H2. The first-order valence-corrected chi connectivity index (χ1v) is 6.81. The van der Waals surface area contributed by atoms with E-state index in [2.05, 4.69) is 26.3 Å². The highest BCUT2D eigenvalue weighted by molar-refractivity contribution is 9.10. The Bertz CT molecular complexity index is 513. The molecule has 1 aliphatic carbocycles. The maximum Gasteiger partial charge on any atom is 0.125 e. The van der Waals surface area contributed by atoms with Crippen LogP contribution in [0.3, 0.4) is 0 Å². The molecule has 82 valence electrons. The van der Waals surface area contributed by atoms with Gasteiger partial charge in [-0.1, -0.05) is 15.9 Å². The van der Waals surface area contributed by atoms with Crippen molar-refractivity contribution in [2.24, 2.45) is 0 Å². The average Bonchev–Trinajstić information content (AvgIpc) is 2.95. The van der Waals surface area contributed by atoms with Crippen LogP contribution in [0.15, 0.2) is 28.1 Å². The van der Waals surface area contributed by atoms with Gasteiger partial charge in [-0.2, -0.15) is 0 Å². The Balaban J connectivity index is 2.00. The Labute approximate surface area is 105 Å². The lowest BCUT2D eigenvalue weighted by Crippen LogP contribution is -1.82. The first kappa shape index (κ1) is 10.4. The summed E-state index contributed by atoms with van der Waals surface area (Å²) >= 11 is 4.88. The monoisotopic (exact) mass is 297 g/mol. The van der Waals surface area contributed by atoms with Crippen LogP contribution in [0.5, 0.6) is 0 Å². The van der Waals surface area contributed by atoms with Crippen LogP contribution in [0, 0.1) is 5.82 Å². The zero-order chi connectivity index (χ0) is 11.1. The molecule has 1 aromatic heterocycles. The summed E-state index contributed by atoms with van der Waals surface area (Å²) in [5.41, 5.74) is 2.02. The molecule has 3 rings (SSSR count). The normalized spacial score (nSPS) is 15.4. The maximum atomic E-state index is 13.2. The van der Waals surface area contributed by atoms with Gasteiger partial charge in [-0.25, -0.2) is 9.37 Å². The molecule has 1 aliphatic rings. The van der Waals surface area contributed by atoms with Crippen LogP contribution in [-0.2, 0) is 0 Å². The first-order valence-electron chi connectivity index (χ1n) is 5.14. The molecule has 2 aromatic rings. The van der Waals surface area contributed by atoms with Gasteiger partial charge in [-0.3, -0.25) is 0 Å². The number of nitrogens with zero attached hydrogens (tertiary/aromatic N) is 1. The van der Waals surface area contributed by atoms with Gasteiger partial charge in [-0.15, -0.1) is 11.3 Å². The molecule has 0 unspecified atom stereocenters. The van der Waals surface area contributed by atoms with Crippen LogP contribution < -0.4 is 0 Å². The zero-order valence-electron chi connectivity index (χ0n) is 8.41. The summed E-state index contributed by atoms with van der Waals surface area (Å²) in [5.74, 6) is 0.426. The molecule has 4 heteroatoms. The number of hydrogen-bond donors (Lipinski definition) is 0. The lowest BCUT2D eigenvalue weighted by atomic mass is 10.2. The van der Waals surface area contributed by atoms with Crippen molar-refractivity contribution in [1.29, 1.82) is 0 Å². The third kappa shape index (κ3) is 2.04. The second kappa shape index (κ2) is 3.93. The highest BCUT2D eigenvalue weighted by Crippen LogP contribution is 2.41. The van der Waals surface area contributed by atoms with Crippen molar-refractivity contribution in [1.82, 2.24) is 4.98 Å². The smallest absolute Gasteiger partial charge is 0.125 e. The van der Waals surface area contributed by atoms with Gasteiger partial charge in [0.15, 0.2) is 0 Å². The fourth-order valence-electron chi connectivity index (χ4n) is 1.66. The van der Waals surface area contributed by atoms with E-state index in [9.17, 15) is 4.39 Å².